The van der Waals surface area contributed by atoms with Gasteiger partial charge in [0.2, 0.25) is 5.88 Å². The van der Waals surface area contributed by atoms with Crippen LogP contribution in [0.2, 0.25) is 0 Å². The molecule has 0 unspecified atom stereocenters. The highest BCUT2D eigenvalue weighted by molar-refractivity contribution is 5.96. The largest absolute Gasteiger partial charge is 0.439 e. The monoisotopic (exact) mass is 288 g/mol. The lowest BCUT2D eigenvalue weighted by molar-refractivity contribution is -0.385. The normalized spacial score (nSPS) is 11.2. The van der Waals surface area contributed by atoms with E-state index in [9.17, 15) is 10.1 Å². The van der Waals surface area contributed by atoms with Crippen LogP contribution in [-0.4, -0.2) is 21.0 Å². The number of aromatic nitrogens is 1. The third-order valence-corrected chi connectivity index (χ3v) is 2.73. The Morgan fingerprint density at radius 1 is 1.43 bits per heavy atom. The molecule has 8 nitrogen and oxygen atoms in total. The number of nitro groups is 1. The van der Waals surface area contributed by atoms with E-state index >= 15 is 0 Å². The van der Waals surface area contributed by atoms with Crippen LogP contribution >= 0.6 is 0 Å². The maximum absolute atomic E-state index is 10.7. The van der Waals surface area contributed by atoms with Crippen molar-refractivity contribution < 1.29 is 14.9 Å². The van der Waals surface area contributed by atoms with Gasteiger partial charge in [0.25, 0.3) is 5.69 Å². The highest BCUT2D eigenvalue weighted by Crippen LogP contribution is 2.26. The molecule has 0 aliphatic rings. The van der Waals surface area contributed by atoms with Crippen LogP contribution in [0.3, 0.4) is 0 Å². The second-order valence-corrected chi connectivity index (χ2v) is 4.18. The molecule has 0 saturated heterocycles. The topological polar surface area (TPSA) is 124 Å². The number of amidine groups is 1. The molecule has 0 aliphatic heterocycles. The summed E-state index contributed by atoms with van der Waals surface area (Å²) in [5, 5.41) is 22.1. The molecular weight excluding hydrogens is 276 g/mol. The predicted molar refractivity (Wildman–Crippen MR) is 74.7 cm³/mol. The summed E-state index contributed by atoms with van der Waals surface area (Å²) in [6, 6.07) is 7.54. The van der Waals surface area contributed by atoms with Gasteiger partial charge < -0.3 is 15.7 Å². The lowest BCUT2D eigenvalue weighted by Crippen LogP contribution is -2.13. The zero-order chi connectivity index (χ0) is 15.4. The van der Waals surface area contributed by atoms with Crippen molar-refractivity contribution in [2.45, 2.75) is 6.92 Å². The van der Waals surface area contributed by atoms with E-state index in [0.29, 0.717) is 16.9 Å². The molecule has 21 heavy (non-hydrogen) atoms. The number of nitrogens with zero attached hydrogens (tertiary/aromatic N) is 3. The highest BCUT2D eigenvalue weighted by atomic mass is 16.6. The van der Waals surface area contributed by atoms with E-state index in [4.69, 9.17) is 15.7 Å². The lowest BCUT2D eigenvalue weighted by Gasteiger charge is -2.06. The first-order chi connectivity index (χ1) is 10.0. The molecule has 1 heterocycles. The van der Waals surface area contributed by atoms with Gasteiger partial charge in [0, 0.05) is 29.5 Å². The Labute approximate surface area is 119 Å². The maximum Gasteiger partial charge on any atom is 0.272 e. The second kappa shape index (κ2) is 5.87. The number of benzene rings is 1. The number of rotatable bonds is 4. The van der Waals surface area contributed by atoms with Crippen molar-refractivity contribution in [2.75, 3.05) is 0 Å². The van der Waals surface area contributed by atoms with Crippen LogP contribution in [0.4, 0.5) is 5.69 Å². The summed E-state index contributed by atoms with van der Waals surface area (Å²) in [5.41, 5.74) is 6.38. The number of hydrogen-bond acceptors (Lipinski definition) is 6. The predicted octanol–water partition coefficient (Wildman–Crippen LogP) is 2.19. The molecule has 8 heteroatoms. The first kappa shape index (κ1) is 14.3. The first-order valence-corrected chi connectivity index (χ1v) is 5.88. The minimum absolute atomic E-state index is 0.0255. The SMILES string of the molecule is Cc1cc(Oc2ccc(/C(N)=N/O)cn2)ccc1[N+](=O)[O-]. The number of nitrogens with two attached hydrogens (primary N) is 1. The molecule has 1 aromatic heterocycles. The van der Waals surface area contributed by atoms with E-state index in [1.165, 1.54) is 18.3 Å². The number of nitro benzene ring substituents is 1. The van der Waals surface area contributed by atoms with E-state index in [1.54, 1.807) is 25.1 Å². The van der Waals surface area contributed by atoms with Gasteiger partial charge in [-0.1, -0.05) is 5.16 Å². The zero-order valence-electron chi connectivity index (χ0n) is 11.1. The van der Waals surface area contributed by atoms with Crippen LogP contribution in [-0.2, 0) is 0 Å². The lowest BCUT2D eigenvalue weighted by atomic mass is 10.2. The van der Waals surface area contributed by atoms with E-state index in [2.05, 4.69) is 10.1 Å². The number of aryl methyl sites for hydroxylation is 1. The fourth-order valence-electron chi connectivity index (χ4n) is 1.67. The van der Waals surface area contributed by atoms with E-state index in [1.807, 2.05) is 0 Å². The van der Waals surface area contributed by atoms with Crippen LogP contribution < -0.4 is 10.5 Å². The molecule has 0 bridgehead atoms. The van der Waals surface area contributed by atoms with Crippen molar-refractivity contribution in [1.82, 2.24) is 4.98 Å². The van der Waals surface area contributed by atoms with E-state index in [-0.39, 0.29) is 17.4 Å². The van der Waals surface area contributed by atoms with Crippen LogP contribution in [0.1, 0.15) is 11.1 Å². The molecule has 0 radical (unpaired) electrons. The average molecular weight is 288 g/mol. The van der Waals surface area contributed by atoms with Gasteiger partial charge in [-0.2, -0.15) is 0 Å². The van der Waals surface area contributed by atoms with Crippen molar-refractivity contribution in [3.05, 3.63) is 57.8 Å². The molecule has 0 atom stereocenters. The molecule has 0 aliphatic carbocycles. The Kier molecular flexibility index (Phi) is 3.98. The van der Waals surface area contributed by atoms with Gasteiger partial charge >= 0.3 is 0 Å². The van der Waals surface area contributed by atoms with Gasteiger partial charge in [-0.3, -0.25) is 10.1 Å². The van der Waals surface area contributed by atoms with E-state index < -0.39 is 4.92 Å². The second-order valence-electron chi connectivity index (χ2n) is 4.18. The standard InChI is InChI=1S/C13H12N4O4/c1-8-6-10(3-4-11(8)17(19)20)21-12-5-2-9(7-15-12)13(14)16-18/h2-7,18H,1H3,(H2,14,16). The van der Waals surface area contributed by atoms with Crippen molar-refractivity contribution in [1.29, 1.82) is 0 Å². The van der Waals surface area contributed by atoms with Gasteiger partial charge in [-0.25, -0.2) is 4.98 Å². The summed E-state index contributed by atoms with van der Waals surface area (Å²) < 4.78 is 5.49. The Bertz CT molecular complexity index is 698. The third kappa shape index (κ3) is 3.24. The third-order valence-electron chi connectivity index (χ3n) is 2.73. The maximum atomic E-state index is 10.7. The molecule has 0 saturated carbocycles. The van der Waals surface area contributed by atoms with Crippen LogP contribution in [0.5, 0.6) is 11.6 Å². The van der Waals surface area contributed by atoms with Crippen LogP contribution in [0, 0.1) is 17.0 Å². The average Bonchev–Trinajstić information content (AvgIpc) is 2.47. The molecule has 2 aromatic rings. The van der Waals surface area contributed by atoms with Gasteiger partial charge in [0.1, 0.15) is 5.75 Å². The van der Waals surface area contributed by atoms with Gasteiger partial charge in [-0.05, 0) is 25.1 Å². The summed E-state index contributed by atoms with van der Waals surface area (Å²) in [4.78, 5) is 14.3. The van der Waals surface area contributed by atoms with Gasteiger partial charge in [-0.15, -0.1) is 0 Å². The smallest absolute Gasteiger partial charge is 0.272 e. The summed E-state index contributed by atoms with van der Waals surface area (Å²) in [6.07, 6.45) is 1.39. The molecule has 0 fully saturated rings. The Morgan fingerprint density at radius 3 is 2.71 bits per heavy atom. The summed E-state index contributed by atoms with van der Waals surface area (Å²) in [7, 11) is 0. The van der Waals surface area contributed by atoms with Crippen molar-refractivity contribution in [2.24, 2.45) is 10.9 Å². The molecule has 3 N–H and O–H groups in total. The molecule has 1 aromatic carbocycles. The van der Waals surface area contributed by atoms with Crippen molar-refractivity contribution in [3.8, 4) is 11.6 Å². The Balaban J connectivity index is 2.19. The van der Waals surface area contributed by atoms with Crippen molar-refractivity contribution in [3.63, 3.8) is 0 Å². The fourth-order valence-corrected chi connectivity index (χ4v) is 1.67. The zero-order valence-corrected chi connectivity index (χ0v) is 11.1. The van der Waals surface area contributed by atoms with Gasteiger partial charge in [0.15, 0.2) is 5.84 Å². The first-order valence-electron chi connectivity index (χ1n) is 5.88. The molecule has 2 rings (SSSR count). The number of oxime groups is 1. The molecular formula is C13H12N4O4. The summed E-state index contributed by atoms with van der Waals surface area (Å²) in [6.45, 7) is 1.62. The minimum atomic E-state index is -0.455. The minimum Gasteiger partial charge on any atom is -0.439 e. The van der Waals surface area contributed by atoms with Crippen LogP contribution in [0.15, 0.2) is 41.7 Å². The molecule has 0 amide bonds. The highest BCUT2D eigenvalue weighted by Gasteiger charge is 2.11. The fraction of sp³-hybridized carbons (Fsp3) is 0.0769. The van der Waals surface area contributed by atoms with Crippen molar-refractivity contribution >= 4 is 11.5 Å². The number of ether oxygens (including phenoxy) is 1. The number of hydrogen-bond donors (Lipinski definition) is 2. The van der Waals surface area contributed by atoms with Gasteiger partial charge in [0.05, 0.1) is 4.92 Å². The van der Waals surface area contributed by atoms with Crippen LogP contribution in [0.25, 0.3) is 0 Å². The van der Waals surface area contributed by atoms with E-state index in [0.717, 1.165) is 0 Å². The summed E-state index contributed by atoms with van der Waals surface area (Å²) >= 11 is 0. The summed E-state index contributed by atoms with van der Waals surface area (Å²) in [5.74, 6) is 0.667. The Morgan fingerprint density at radius 2 is 2.19 bits per heavy atom. The quantitative estimate of drug-likeness (QED) is 0.292. The molecule has 108 valence electrons. The Hall–Kier alpha value is -3.16. The number of pyridine rings is 1. The molecule has 0 spiro atoms.